The summed E-state index contributed by atoms with van der Waals surface area (Å²) in [4.78, 5) is 0. The molecule has 0 aliphatic carbocycles. The molecule has 1 unspecified atom stereocenters. The van der Waals surface area contributed by atoms with Crippen molar-refractivity contribution in [2.75, 3.05) is 0 Å². The lowest BCUT2D eigenvalue weighted by Crippen LogP contribution is -2.63. The second kappa shape index (κ2) is 6.27. The highest BCUT2D eigenvalue weighted by atomic mass is 16.5. The Balaban J connectivity index is 1.52. The molecule has 40 heavy (non-hydrogen) atoms. The number of hydrogen-bond donors (Lipinski definition) is 0. The van der Waals surface area contributed by atoms with Crippen molar-refractivity contribution < 1.29 is 9.30 Å². The van der Waals surface area contributed by atoms with Gasteiger partial charge in [0.1, 0.15) is 22.7 Å². The summed E-state index contributed by atoms with van der Waals surface area (Å²) in [6.07, 6.45) is 2.28. The van der Waals surface area contributed by atoms with E-state index in [0.717, 1.165) is 11.5 Å². The Morgan fingerprint density at radius 1 is 0.525 bits per heavy atom. The second-order valence-electron chi connectivity index (χ2n) is 11.1. The van der Waals surface area contributed by atoms with Crippen molar-refractivity contribution >= 4 is 43.7 Å². The largest absolute Gasteiger partial charge is 0.456 e. The van der Waals surface area contributed by atoms with Crippen LogP contribution in [0, 0.1) is 0 Å². The van der Waals surface area contributed by atoms with Crippen LogP contribution in [0.1, 0.15) is 16.7 Å². The first kappa shape index (κ1) is 19.7. The van der Waals surface area contributed by atoms with Gasteiger partial charge in [0.2, 0.25) is 5.54 Å². The Bertz CT molecular complexity index is 2480. The van der Waals surface area contributed by atoms with Crippen LogP contribution in [0.2, 0.25) is 0 Å². The Hall–Kier alpha value is -5.35. The normalized spacial score (nSPS) is 17.3. The molecular weight excluding hydrogens is 490 g/mol. The van der Waals surface area contributed by atoms with Gasteiger partial charge in [-0.05, 0) is 66.7 Å². The lowest BCUT2D eigenvalue weighted by atomic mass is 9.70. The molecule has 4 nitrogen and oxygen atoms in total. The fraction of sp³-hybridized carbons (Fsp3) is 0.0278. The summed E-state index contributed by atoms with van der Waals surface area (Å²) in [6, 6.07) is 41.9. The average molecular weight is 511 g/mol. The molecule has 0 N–H and O–H groups in total. The Morgan fingerprint density at radius 2 is 1.23 bits per heavy atom. The average Bonchev–Trinajstić information content (AvgIpc) is 3.53. The Morgan fingerprint density at radius 3 is 2.10 bits per heavy atom. The summed E-state index contributed by atoms with van der Waals surface area (Å²) >= 11 is 0. The van der Waals surface area contributed by atoms with E-state index in [1.165, 1.54) is 71.8 Å². The summed E-state index contributed by atoms with van der Waals surface area (Å²) in [5.74, 6) is 1.83. The minimum atomic E-state index is -0.593. The maximum atomic E-state index is 6.76. The first-order valence-electron chi connectivity index (χ1n) is 13.8. The van der Waals surface area contributed by atoms with Gasteiger partial charge in [-0.15, -0.1) is 0 Å². The van der Waals surface area contributed by atoms with Crippen molar-refractivity contribution in [2.24, 2.45) is 0 Å². The first-order chi connectivity index (χ1) is 19.9. The van der Waals surface area contributed by atoms with Gasteiger partial charge in [-0.25, -0.2) is 4.57 Å². The van der Waals surface area contributed by atoms with Crippen LogP contribution >= 0.6 is 0 Å². The third kappa shape index (κ3) is 1.86. The highest BCUT2D eigenvalue weighted by Gasteiger charge is 2.59. The monoisotopic (exact) mass is 510 g/mol. The third-order valence-electron chi connectivity index (χ3n) is 9.50. The van der Waals surface area contributed by atoms with E-state index in [0.29, 0.717) is 0 Å². The number of benzene rings is 5. The predicted octanol–water partition coefficient (Wildman–Crippen LogP) is 7.74. The predicted molar refractivity (Wildman–Crippen MR) is 157 cm³/mol. The van der Waals surface area contributed by atoms with E-state index in [-0.39, 0.29) is 0 Å². The molecule has 0 fully saturated rings. The van der Waals surface area contributed by atoms with E-state index in [4.69, 9.17) is 4.74 Å². The van der Waals surface area contributed by atoms with Crippen LogP contribution < -0.4 is 9.30 Å². The maximum absolute atomic E-state index is 6.76. The Labute approximate surface area is 228 Å². The van der Waals surface area contributed by atoms with Crippen molar-refractivity contribution in [3.05, 3.63) is 138 Å². The minimum absolute atomic E-state index is 0.593. The van der Waals surface area contributed by atoms with Crippen LogP contribution in [0.25, 0.3) is 55.1 Å². The molecule has 184 valence electrons. The molecular formula is C36H20N3O+. The van der Waals surface area contributed by atoms with Crippen LogP contribution in [0.4, 0.5) is 0 Å². The van der Waals surface area contributed by atoms with Gasteiger partial charge in [0.05, 0.1) is 45.0 Å². The minimum Gasteiger partial charge on any atom is -0.456 e. The topological polar surface area (TPSA) is 23.0 Å². The summed E-state index contributed by atoms with van der Waals surface area (Å²) in [6.45, 7) is 0. The molecule has 8 aromatic rings. The van der Waals surface area contributed by atoms with Gasteiger partial charge in [-0.2, -0.15) is 4.57 Å². The van der Waals surface area contributed by atoms with E-state index in [9.17, 15) is 0 Å². The third-order valence-corrected chi connectivity index (χ3v) is 9.50. The van der Waals surface area contributed by atoms with Crippen molar-refractivity contribution in [3.8, 4) is 22.9 Å². The molecule has 0 saturated carbocycles. The molecule has 1 spiro atoms. The zero-order valence-electron chi connectivity index (χ0n) is 21.3. The SMILES string of the molecule is c1ccc2c(c1)Oc1ccc3c4ccccc4n4c3c1C21c2c-4cccc2-n2c3ccccc3c3ccc[n+]1c32. The quantitative estimate of drug-likeness (QED) is 0.191. The van der Waals surface area contributed by atoms with Gasteiger partial charge in [0.25, 0.3) is 5.65 Å². The van der Waals surface area contributed by atoms with E-state index in [1.807, 2.05) is 0 Å². The summed E-state index contributed by atoms with van der Waals surface area (Å²) in [7, 11) is 0. The molecule has 1 atom stereocenters. The van der Waals surface area contributed by atoms with Gasteiger partial charge in [-0.3, -0.25) is 0 Å². The number of ether oxygens (including phenoxy) is 1. The molecule has 0 amide bonds. The number of aromatic nitrogens is 3. The van der Waals surface area contributed by atoms with Gasteiger partial charge in [0.15, 0.2) is 0 Å². The maximum Gasteiger partial charge on any atom is 0.296 e. The van der Waals surface area contributed by atoms with Crippen molar-refractivity contribution in [2.45, 2.75) is 5.54 Å². The molecule has 0 saturated heterocycles. The van der Waals surface area contributed by atoms with Crippen molar-refractivity contribution in [3.63, 3.8) is 0 Å². The van der Waals surface area contributed by atoms with Crippen LogP contribution in [0.15, 0.2) is 121 Å². The van der Waals surface area contributed by atoms with Crippen molar-refractivity contribution in [1.82, 2.24) is 9.13 Å². The molecule has 3 aromatic heterocycles. The molecule has 4 heteroatoms. The number of hydrogen-bond acceptors (Lipinski definition) is 1. The molecule has 11 rings (SSSR count). The smallest absolute Gasteiger partial charge is 0.296 e. The van der Waals surface area contributed by atoms with Crippen LogP contribution in [-0.2, 0) is 5.54 Å². The van der Waals surface area contributed by atoms with Gasteiger partial charge < -0.3 is 9.30 Å². The first-order valence-corrected chi connectivity index (χ1v) is 13.8. The molecule has 0 radical (unpaired) electrons. The van der Waals surface area contributed by atoms with Gasteiger partial charge in [-0.1, -0.05) is 48.5 Å². The van der Waals surface area contributed by atoms with E-state index < -0.39 is 5.54 Å². The van der Waals surface area contributed by atoms with Crippen LogP contribution in [-0.4, -0.2) is 9.13 Å². The Kier molecular flexibility index (Phi) is 3.08. The fourth-order valence-electron chi connectivity index (χ4n) is 8.20. The molecule has 6 heterocycles. The van der Waals surface area contributed by atoms with E-state index in [1.54, 1.807) is 0 Å². The molecule has 3 aliphatic rings. The zero-order chi connectivity index (χ0) is 25.7. The number of pyridine rings is 1. The zero-order valence-corrected chi connectivity index (χ0v) is 21.3. The number of fused-ring (bicyclic) bond motifs is 9. The highest BCUT2D eigenvalue weighted by Crippen LogP contribution is 2.60. The van der Waals surface area contributed by atoms with Crippen LogP contribution in [0.5, 0.6) is 11.5 Å². The standard InChI is InChI=1S/C36H20N3O/c1-4-13-26-21(9-1)23-18-19-31-33-34(23)38(26)28-15-7-16-29-32(28)36(33,25-12-3-6-17-30(25)40-31)37-20-8-11-24-22-10-2-5-14-27(22)39(29)35(24)37/h1-20H/q+1. The molecule has 3 aliphatic heterocycles. The molecule has 5 aromatic carbocycles. The highest BCUT2D eigenvalue weighted by molar-refractivity contribution is 6.13. The number of para-hydroxylation sites is 3. The fourth-order valence-corrected chi connectivity index (χ4v) is 8.20. The lowest BCUT2D eigenvalue weighted by Gasteiger charge is -2.44. The molecule has 0 bridgehead atoms. The number of nitrogens with zero attached hydrogens (tertiary/aromatic N) is 3. The second-order valence-corrected chi connectivity index (χ2v) is 11.1. The van der Waals surface area contributed by atoms with E-state index in [2.05, 4.69) is 135 Å². The van der Waals surface area contributed by atoms with Crippen molar-refractivity contribution in [1.29, 1.82) is 0 Å². The van der Waals surface area contributed by atoms with E-state index >= 15 is 0 Å². The van der Waals surface area contributed by atoms with Gasteiger partial charge in [0, 0.05) is 16.2 Å². The summed E-state index contributed by atoms with van der Waals surface area (Å²) < 4.78 is 14.2. The lowest BCUT2D eigenvalue weighted by molar-refractivity contribution is -0.714. The van der Waals surface area contributed by atoms with Gasteiger partial charge >= 0.3 is 0 Å². The summed E-state index contributed by atoms with van der Waals surface area (Å²) in [5, 5.41) is 5.04. The van der Waals surface area contributed by atoms with Crippen LogP contribution in [0.3, 0.4) is 0 Å². The number of rotatable bonds is 0. The summed E-state index contributed by atoms with van der Waals surface area (Å²) in [5.41, 5.74) is 10.4.